The first-order valence-corrected chi connectivity index (χ1v) is 10.7. The maximum atomic E-state index is 14.7. The third-order valence-corrected chi connectivity index (χ3v) is 5.81. The van der Waals surface area contributed by atoms with Crippen LogP contribution in [0.2, 0.25) is 0 Å². The molecule has 1 aromatic heterocycles. The van der Waals surface area contributed by atoms with Crippen molar-refractivity contribution in [1.82, 2.24) is 9.78 Å². The van der Waals surface area contributed by atoms with Gasteiger partial charge in [0.25, 0.3) is 5.91 Å². The average Bonchev–Trinajstić information content (AvgIpc) is 3.33. The van der Waals surface area contributed by atoms with Gasteiger partial charge in [-0.05, 0) is 42.0 Å². The van der Waals surface area contributed by atoms with Gasteiger partial charge in [-0.2, -0.15) is 5.10 Å². The van der Waals surface area contributed by atoms with Crippen LogP contribution in [0.25, 0.3) is 0 Å². The van der Waals surface area contributed by atoms with E-state index in [4.69, 9.17) is 4.74 Å². The van der Waals surface area contributed by atoms with Gasteiger partial charge in [0.15, 0.2) is 0 Å². The van der Waals surface area contributed by atoms with Crippen LogP contribution in [0.15, 0.2) is 79.1 Å². The van der Waals surface area contributed by atoms with Crippen LogP contribution in [0.5, 0.6) is 5.75 Å². The van der Waals surface area contributed by atoms with Gasteiger partial charge in [-0.15, -0.1) is 0 Å². The number of ether oxygens (including phenoxy) is 1. The summed E-state index contributed by atoms with van der Waals surface area (Å²) >= 11 is 0. The van der Waals surface area contributed by atoms with Crippen molar-refractivity contribution in [1.29, 1.82) is 0 Å². The third kappa shape index (κ3) is 4.05. The minimum Gasteiger partial charge on any atom is -0.496 e. The Balaban J connectivity index is 1.55. The Morgan fingerprint density at radius 2 is 1.86 bits per heavy atom. The topological polar surface area (TPSA) is 103 Å². The first-order chi connectivity index (χ1) is 17.0. The Morgan fingerprint density at radius 3 is 2.57 bits per heavy atom. The van der Waals surface area contributed by atoms with E-state index in [1.54, 1.807) is 48.5 Å². The largest absolute Gasteiger partial charge is 0.496 e. The summed E-state index contributed by atoms with van der Waals surface area (Å²) in [6, 6.07) is 17.8. The normalized spacial score (nSPS) is 14.9. The van der Waals surface area contributed by atoms with Crippen molar-refractivity contribution in [3.05, 3.63) is 106 Å². The van der Waals surface area contributed by atoms with Crippen molar-refractivity contribution in [2.24, 2.45) is 0 Å². The van der Waals surface area contributed by atoms with Crippen molar-refractivity contribution in [2.45, 2.75) is 12.6 Å². The number of rotatable bonds is 6. The fourth-order valence-electron chi connectivity index (χ4n) is 4.17. The Hall–Kier alpha value is -4.73. The van der Waals surface area contributed by atoms with E-state index in [1.165, 1.54) is 35.2 Å². The summed E-state index contributed by atoms with van der Waals surface area (Å²) in [6.45, 7) is 0.194. The molecule has 1 aliphatic rings. The summed E-state index contributed by atoms with van der Waals surface area (Å²) in [5.41, 5.74) is 2.57. The molecule has 0 spiro atoms. The summed E-state index contributed by atoms with van der Waals surface area (Å²) in [7, 11) is 1.52. The molecule has 35 heavy (non-hydrogen) atoms. The molecular weight excluding hydrogens is 453 g/mol. The number of nitro groups is 1. The van der Waals surface area contributed by atoms with Crippen LogP contribution in [-0.4, -0.2) is 27.7 Å². The highest BCUT2D eigenvalue weighted by Gasteiger charge is 2.35. The van der Waals surface area contributed by atoms with Gasteiger partial charge < -0.3 is 10.1 Å². The highest BCUT2D eigenvalue weighted by molar-refractivity contribution is 6.10. The van der Waals surface area contributed by atoms with E-state index in [9.17, 15) is 19.3 Å². The van der Waals surface area contributed by atoms with Gasteiger partial charge in [-0.3, -0.25) is 24.5 Å². The summed E-state index contributed by atoms with van der Waals surface area (Å²) < 4.78 is 21.6. The molecule has 0 bridgehead atoms. The molecule has 10 heteroatoms. The van der Waals surface area contributed by atoms with Crippen LogP contribution in [0.3, 0.4) is 0 Å². The standard InChI is InChI=1S/C25H20FN5O4/c1-35-23-11-10-16(12-17(23)14-29-15-18(13-27-29)31(33)34)24-25(32)30(21-8-4-2-6-19(21)26)22-9-5-3-7-20(22)28-24/h2-13,15,24,28H,14H2,1H3. The van der Waals surface area contributed by atoms with Crippen molar-refractivity contribution >= 4 is 28.7 Å². The second-order valence-corrected chi connectivity index (χ2v) is 7.94. The molecule has 5 rings (SSSR count). The summed E-state index contributed by atoms with van der Waals surface area (Å²) in [5.74, 6) is -0.312. The Bertz CT molecular complexity index is 1440. The van der Waals surface area contributed by atoms with Crippen LogP contribution in [0.4, 0.5) is 27.1 Å². The van der Waals surface area contributed by atoms with E-state index in [0.29, 0.717) is 28.3 Å². The van der Waals surface area contributed by atoms with Crippen molar-refractivity contribution < 1.29 is 18.8 Å². The minimum atomic E-state index is -0.805. The predicted octanol–water partition coefficient (Wildman–Crippen LogP) is 4.82. The number of anilines is 3. The second kappa shape index (κ2) is 8.90. The SMILES string of the molecule is COc1ccc(C2Nc3ccccc3N(c3ccccc3F)C2=O)cc1Cn1cc([N+](=O)[O-])cn1. The van der Waals surface area contributed by atoms with Gasteiger partial charge in [0.05, 0.1) is 35.6 Å². The number of benzene rings is 3. The third-order valence-electron chi connectivity index (χ3n) is 5.81. The molecule has 0 aliphatic carbocycles. The number of aromatic nitrogens is 2. The molecule has 3 aromatic carbocycles. The van der Waals surface area contributed by atoms with Crippen LogP contribution in [0, 0.1) is 15.9 Å². The zero-order valence-corrected chi connectivity index (χ0v) is 18.6. The van der Waals surface area contributed by atoms with E-state index in [1.807, 2.05) is 12.1 Å². The number of hydrogen-bond donors (Lipinski definition) is 1. The van der Waals surface area contributed by atoms with Crippen LogP contribution < -0.4 is 15.0 Å². The maximum Gasteiger partial charge on any atom is 0.307 e. The molecule has 0 saturated carbocycles. The van der Waals surface area contributed by atoms with Gasteiger partial charge in [0, 0.05) is 5.56 Å². The molecule has 1 N–H and O–H groups in total. The molecule has 0 fully saturated rings. The fraction of sp³-hybridized carbons (Fsp3) is 0.120. The zero-order chi connectivity index (χ0) is 24.5. The first kappa shape index (κ1) is 22.1. The molecule has 0 radical (unpaired) electrons. The van der Waals surface area contributed by atoms with Crippen molar-refractivity contribution in [3.8, 4) is 5.75 Å². The number of fused-ring (bicyclic) bond motifs is 1. The molecule has 2 heterocycles. The molecule has 1 unspecified atom stereocenters. The lowest BCUT2D eigenvalue weighted by Crippen LogP contribution is -2.39. The highest BCUT2D eigenvalue weighted by Crippen LogP contribution is 2.42. The summed E-state index contributed by atoms with van der Waals surface area (Å²) in [6.07, 6.45) is 2.50. The Morgan fingerprint density at radius 1 is 1.11 bits per heavy atom. The molecule has 1 amide bonds. The number of methoxy groups -OCH3 is 1. The van der Waals surface area contributed by atoms with Crippen LogP contribution in [0.1, 0.15) is 17.2 Å². The molecule has 4 aromatic rings. The number of amides is 1. The molecular formula is C25H20FN5O4. The van der Waals surface area contributed by atoms with Gasteiger partial charge >= 0.3 is 5.69 Å². The minimum absolute atomic E-state index is 0.124. The number of carbonyl (C=O) groups excluding carboxylic acids is 1. The smallest absolute Gasteiger partial charge is 0.307 e. The number of nitrogens with zero attached hydrogens (tertiary/aromatic N) is 4. The molecule has 0 saturated heterocycles. The van der Waals surface area contributed by atoms with Gasteiger partial charge in [-0.1, -0.05) is 30.3 Å². The fourth-order valence-corrected chi connectivity index (χ4v) is 4.17. The first-order valence-electron chi connectivity index (χ1n) is 10.7. The molecule has 1 atom stereocenters. The highest BCUT2D eigenvalue weighted by atomic mass is 19.1. The number of carbonyl (C=O) groups is 1. The second-order valence-electron chi connectivity index (χ2n) is 7.94. The molecule has 176 valence electrons. The summed E-state index contributed by atoms with van der Waals surface area (Å²) in [5, 5.41) is 18.3. The lowest BCUT2D eigenvalue weighted by molar-refractivity contribution is -0.385. The quantitative estimate of drug-likeness (QED) is 0.318. The number of nitrogens with one attached hydrogen (secondary N) is 1. The van der Waals surface area contributed by atoms with Gasteiger partial charge in [0.2, 0.25) is 0 Å². The van der Waals surface area contributed by atoms with E-state index >= 15 is 0 Å². The number of halogens is 1. The van der Waals surface area contributed by atoms with E-state index in [0.717, 1.165) is 0 Å². The lowest BCUT2D eigenvalue weighted by atomic mass is 9.98. The van der Waals surface area contributed by atoms with E-state index in [2.05, 4.69) is 10.4 Å². The van der Waals surface area contributed by atoms with Crippen LogP contribution >= 0.6 is 0 Å². The Labute approximate surface area is 199 Å². The van der Waals surface area contributed by atoms with Crippen LogP contribution in [-0.2, 0) is 11.3 Å². The maximum absolute atomic E-state index is 14.7. The lowest BCUT2D eigenvalue weighted by Gasteiger charge is -2.35. The molecule has 1 aliphatic heterocycles. The average molecular weight is 473 g/mol. The van der Waals surface area contributed by atoms with Gasteiger partial charge in [-0.25, -0.2) is 4.39 Å². The van der Waals surface area contributed by atoms with Gasteiger partial charge in [0.1, 0.15) is 30.0 Å². The van der Waals surface area contributed by atoms with Crippen molar-refractivity contribution in [3.63, 3.8) is 0 Å². The number of para-hydroxylation sites is 3. The van der Waals surface area contributed by atoms with E-state index in [-0.39, 0.29) is 23.8 Å². The van der Waals surface area contributed by atoms with Crippen molar-refractivity contribution in [2.75, 3.05) is 17.3 Å². The summed E-state index contributed by atoms with van der Waals surface area (Å²) in [4.78, 5) is 25.6. The Kier molecular flexibility index (Phi) is 5.61. The zero-order valence-electron chi connectivity index (χ0n) is 18.6. The number of hydrogen-bond acceptors (Lipinski definition) is 6. The van der Waals surface area contributed by atoms with E-state index < -0.39 is 16.8 Å². The predicted molar refractivity (Wildman–Crippen MR) is 127 cm³/mol. The molecule has 9 nitrogen and oxygen atoms in total. The monoisotopic (exact) mass is 473 g/mol.